The fraction of sp³-hybridized carbons (Fsp3) is 0.526. The second kappa shape index (κ2) is 18.0. The summed E-state index contributed by atoms with van der Waals surface area (Å²) in [5, 5.41) is 0. The van der Waals surface area contributed by atoms with E-state index in [1.807, 2.05) is 19.9 Å². The Morgan fingerprint density at radius 3 is 2.08 bits per heavy atom. The van der Waals surface area contributed by atoms with Gasteiger partial charge in [-0.25, -0.2) is 0 Å². The maximum Gasteiger partial charge on any atom is -0.0219 e. The first kappa shape index (κ1) is 35.7. The maximum absolute atomic E-state index is 3.75. The van der Waals surface area contributed by atoms with E-state index in [0.717, 1.165) is 18.8 Å². The van der Waals surface area contributed by atoms with Crippen molar-refractivity contribution < 1.29 is 0 Å². The Morgan fingerprint density at radius 2 is 1.55 bits per heavy atom. The summed E-state index contributed by atoms with van der Waals surface area (Å²) in [6.07, 6.45) is 14.4. The Morgan fingerprint density at radius 1 is 0.921 bits per heavy atom. The van der Waals surface area contributed by atoms with Gasteiger partial charge in [-0.3, -0.25) is 0 Å². The number of hydrogen-bond acceptors (Lipinski definition) is 0. The molecule has 2 rings (SSSR count). The van der Waals surface area contributed by atoms with Crippen LogP contribution in [0.3, 0.4) is 0 Å². The highest BCUT2D eigenvalue weighted by Gasteiger charge is 2.23. The molecule has 0 saturated heterocycles. The van der Waals surface area contributed by atoms with Crippen LogP contribution in [0.25, 0.3) is 0 Å². The summed E-state index contributed by atoms with van der Waals surface area (Å²) in [6, 6.07) is 15.7. The van der Waals surface area contributed by atoms with E-state index in [1.165, 1.54) is 52.7 Å². The lowest BCUT2D eigenvalue weighted by molar-refractivity contribution is 0.248. The largest absolute Gasteiger partial charge is 0.0991 e. The van der Waals surface area contributed by atoms with Crippen molar-refractivity contribution in [3.63, 3.8) is 0 Å². The van der Waals surface area contributed by atoms with Crippen molar-refractivity contribution >= 4 is 0 Å². The zero-order valence-electron chi connectivity index (χ0n) is 27.2. The third-order valence-electron chi connectivity index (χ3n) is 7.65. The van der Waals surface area contributed by atoms with E-state index in [-0.39, 0.29) is 0 Å². The third-order valence-corrected chi connectivity index (χ3v) is 7.65. The van der Waals surface area contributed by atoms with Gasteiger partial charge in [0.05, 0.1) is 0 Å². The fourth-order valence-corrected chi connectivity index (χ4v) is 4.69. The highest BCUT2D eigenvalue weighted by atomic mass is 14.3. The number of rotatable bonds is 11. The van der Waals surface area contributed by atoms with Gasteiger partial charge in [-0.1, -0.05) is 152 Å². The monoisotopic (exact) mass is 516 g/mol. The summed E-state index contributed by atoms with van der Waals surface area (Å²) in [5.41, 5.74) is 9.09. The lowest BCUT2D eigenvalue weighted by atomic mass is 9.76. The standard InChI is InChI=1S/C22H32.C14H22.C2H6/c1-7-10-18(3)11-9-15-22(6,14-8-2)17-21-13-12-19(4)16-20(21)5;1-11(2)14(4,5)10-13-8-6-7-12(3)9-13;1-2/h7,9-13,16H,1,8,14-15,17H2,2-6H3;6-9,11H,10H2,1-5H3;1-2H3/b11-9-,18-10-;;. The second-order valence-corrected chi connectivity index (χ2v) is 12.2. The van der Waals surface area contributed by atoms with Gasteiger partial charge >= 0.3 is 0 Å². The molecule has 0 bridgehead atoms. The molecule has 0 aliphatic carbocycles. The molecular formula is C38H60. The van der Waals surface area contributed by atoms with Gasteiger partial charge in [-0.05, 0) is 86.8 Å². The van der Waals surface area contributed by atoms with Gasteiger partial charge in [0.2, 0.25) is 0 Å². The van der Waals surface area contributed by atoms with Gasteiger partial charge in [-0.15, -0.1) is 0 Å². The van der Waals surface area contributed by atoms with Crippen LogP contribution < -0.4 is 0 Å². The molecule has 0 nitrogen and oxygen atoms in total. The molecule has 1 unspecified atom stereocenters. The summed E-state index contributed by atoms with van der Waals surface area (Å²) in [4.78, 5) is 0. The van der Waals surface area contributed by atoms with Crippen molar-refractivity contribution in [2.75, 3.05) is 0 Å². The number of allylic oxidation sites excluding steroid dienone is 5. The van der Waals surface area contributed by atoms with E-state index in [9.17, 15) is 0 Å². The smallest absolute Gasteiger partial charge is 0.0219 e. The molecule has 2 aromatic rings. The molecule has 0 radical (unpaired) electrons. The molecule has 0 spiro atoms. The van der Waals surface area contributed by atoms with Crippen LogP contribution in [0.2, 0.25) is 0 Å². The third kappa shape index (κ3) is 14.0. The summed E-state index contributed by atoms with van der Waals surface area (Å²) in [5.74, 6) is 0.725. The van der Waals surface area contributed by atoms with Crippen molar-refractivity contribution in [3.05, 3.63) is 107 Å². The SMILES string of the molecule is C=C/C=C(C)\C=C/CC(C)(CCC)Cc1ccc(C)cc1C.CC.Cc1cccc(CC(C)(C)C(C)C)c1. The highest BCUT2D eigenvalue weighted by Crippen LogP contribution is 2.34. The summed E-state index contributed by atoms with van der Waals surface area (Å²) < 4.78 is 0. The van der Waals surface area contributed by atoms with Crippen LogP contribution in [-0.2, 0) is 12.8 Å². The molecule has 2 aromatic carbocycles. The Balaban J connectivity index is 0.000000735. The molecule has 0 heteroatoms. The normalized spacial score (nSPS) is 13.3. The molecule has 0 heterocycles. The molecule has 0 amide bonds. The van der Waals surface area contributed by atoms with Gasteiger partial charge < -0.3 is 0 Å². The molecule has 1 atom stereocenters. The molecular weight excluding hydrogens is 456 g/mol. The van der Waals surface area contributed by atoms with Gasteiger partial charge in [0.15, 0.2) is 0 Å². The van der Waals surface area contributed by atoms with Crippen LogP contribution in [0, 0.1) is 37.5 Å². The number of aryl methyl sites for hydroxylation is 3. The Hall–Kier alpha value is -2.34. The van der Waals surface area contributed by atoms with Crippen molar-refractivity contribution in [1.29, 1.82) is 0 Å². The Labute approximate surface area is 238 Å². The van der Waals surface area contributed by atoms with Crippen LogP contribution in [0.15, 0.2) is 78.9 Å². The van der Waals surface area contributed by atoms with E-state index in [0.29, 0.717) is 10.8 Å². The van der Waals surface area contributed by atoms with Gasteiger partial charge in [0.1, 0.15) is 0 Å². The number of benzene rings is 2. The summed E-state index contributed by atoms with van der Waals surface area (Å²) >= 11 is 0. The average molecular weight is 517 g/mol. The van der Waals surface area contributed by atoms with E-state index in [1.54, 1.807) is 0 Å². The molecule has 38 heavy (non-hydrogen) atoms. The van der Waals surface area contributed by atoms with Crippen molar-refractivity contribution in [1.82, 2.24) is 0 Å². The molecule has 0 N–H and O–H groups in total. The van der Waals surface area contributed by atoms with E-state index in [4.69, 9.17) is 0 Å². The first-order valence-electron chi connectivity index (χ1n) is 14.9. The lowest BCUT2D eigenvalue weighted by Crippen LogP contribution is -2.22. The van der Waals surface area contributed by atoms with E-state index >= 15 is 0 Å². The van der Waals surface area contributed by atoms with Crippen LogP contribution in [-0.4, -0.2) is 0 Å². The lowest BCUT2D eigenvalue weighted by Gasteiger charge is -2.29. The first-order valence-corrected chi connectivity index (χ1v) is 14.9. The van der Waals surface area contributed by atoms with Crippen LogP contribution in [0.5, 0.6) is 0 Å². The maximum atomic E-state index is 3.75. The second-order valence-electron chi connectivity index (χ2n) is 12.2. The van der Waals surface area contributed by atoms with Crippen LogP contribution in [0.4, 0.5) is 0 Å². The fourth-order valence-electron chi connectivity index (χ4n) is 4.69. The minimum atomic E-state index is 0.333. The van der Waals surface area contributed by atoms with Crippen molar-refractivity contribution in [2.45, 2.75) is 115 Å². The van der Waals surface area contributed by atoms with Gasteiger partial charge in [0.25, 0.3) is 0 Å². The Kier molecular flexibility index (Phi) is 16.9. The van der Waals surface area contributed by atoms with E-state index < -0.39 is 0 Å². The molecule has 0 saturated carbocycles. The minimum Gasteiger partial charge on any atom is -0.0991 e. The Bertz CT molecular complexity index is 998. The van der Waals surface area contributed by atoms with Crippen LogP contribution >= 0.6 is 0 Å². The molecule has 0 aliphatic heterocycles. The van der Waals surface area contributed by atoms with Crippen molar-refractivity contribution in [2.24, 2.45) is 16.7 Å². The first-order chi connectivity index (χ1) is 17.8. The summed E-state index contributed by atoms with van der Waals surface area (Å²) in [7, 11) is 0. The topological polar surface area (TPSA) is 0 Å². The van der Waals surface area contributed by atoms with Gasteiger partial charge in [0, 0.05) is 0 Å². The van der Waals surface area contributed by atoms with Gasteiger partial charge in [-0.2, -0.15) is 0 Å². The van der Waals surface area contributed by atoms with Crippen LogP contribution in [0.1, 0.15) is 109 Å². The number of hydrogen-bond donors (Lipinski definition) is 0. The molecule has 0 aromatic heterocycles. The van der Waals surface area contributed by atoms with E-state index in [2.05, 4.69) is 137 Å². The minimum absolute atomic E-state index is 0.333. The molecule has 0 aliphatic rings. The highest BCUT2D eigenvalue weighted by molar-refractivity contribution is 5.31. The predicted molar refractivity (Wildman–Crippen MR) is 175 cm³/mol. The molecule has 212 valence electrons. The predicted octanol–water partition coefficient (Wildman–Crippen LogP) is 12.0. The zero-order valence-corrected chi connectivity index (χ0v) is 27.2. The average Bonchev–Trinajstić information content (AvgIpc) is 2.83. The summed E-state index contributed by atoms with van der Waals surface area (Å²) in [6.45, 7) is 30.4. The zero-order chi connectivity index (χ0) is 29.4. The molecule has 0 fully saturated rings. The van der Waals surface area contributed by atoms with Crippen molar-refractivity contribution in [3.8, 4) is 0 Å². The quantitative estimate of drug-likeness (QED) is 0.260.